The number of carbonyl (C=O) groups is 1. The Hall–Kier alpha value is -1.26. The third-order valence-corrected chi connectivity index (χ3v) is 4.41. The lowest BCUT2D eigenvalue weighted by molar-refractivity contribution is -0.122. The van der Waals surface area contributed by atoms with Gasteiger partial charge in [0.1, 0.15) is 12.4 Å². The van der Waals surface area contributed by atoms with Crippen LogP contribution in [-0.2, 0) is 4.79 Å². The van der Waals surface area contributed by atoms with E-state index in [9.17, 15) is 4.79 Å². The van der Waals surface area contributed by atoms with Crippen molar-refractivity contribution in [2.45, 2.75) is 26.2 Å². The Bertz CT molecular complexity index is 458. The number of hydrogen-bond donors (Lipinski definition) is 2. The molecule has 22 heavy (non-hydrogen) atoms. The van der Waals surface area contributed by atoms with Crippen LogP contribution >= 0.6 is 11.6 Å². The average molecular weight is 325 g/mol. The van der Waals surface area contributed by atoms with Gasteiger partial charge in [0.15, 0.2) is 0 Å². The van der Waals surface area contributed by atoms with Crippen molar-refractivity contribution >= 4 is 17.5 Å². The molecule has 1 fully saturated rings. The summed E-state index contributed by atoms with van der Waals surface area (Å²) in [6, 6.07) is 7.22. The molecule has 1 saturated heterocycles. The highest BCUT2D eigenvalue weighted by molar-refractivity contribution is 6.30. The van der Waals surface area contributed by atoms with Crippen LogP contribution in [0.3, 0.4) is 0 Å². The van der Waals surface area contributed by atoms with E-state index in [1.807, 2.05) is 12.1 Å². The fraction of sp³-hybridized carbons (Fsp3) is 0.588. The van der Waals surface area contributed by atoms with Crippen LogP contribution in [0.15, 0.2) is 24.3 Å². The van der Waals surface area contributed by atoms with E-state index in [2.05, 4.69) is 17.6 Å². The second kappa shape index (κ2) is 9.01. The highest BCUT2D eigenvalue weighted by Gasteiger charge is 2.21. The van der Waals surface area contributed by atoms with Gasteiger partial charge in [-0.05, 0) is 62.0 Å². The largest absolute Gasteiger partial charge is 0.492 e. The number of benzene rings is 1. The highest BCUT2D eigenvalue weighted by atomic mass is 35.5. The van der Waals surface area contributed by atoms with Gasteiger partial charge in [0, 0.05) is 11.4 Å². The zero-order chi connectivity index (χ0) is 15.8. The zero-order valence-electron chi connectivity index (χ0n) is 13.1. The van der Waals surface area contributed by atoms with Crippen LogP contribution in [0.4, 0.5) is 0 Å². The molecule has 2 rings (SSSR count). The predicted molar refractivity (Wildman–Crippen MR) is 89.3 cm³/mol. The molecule has 2 N–H and O–H groups in total. The molecular weight excluding hydrogens is 300 g/mol. The molecule has 122 valence electrons. The molecule has 1 amide bonds. The number of amides is 1. The van der Waals surface area contributed by atoms with Crippen molar-refractivity contribution in [3.8, 4) is 5.75 Å². The SMILES string of the molecule is CC(CC(=O)NCCOc1ccc(Cl)cc1)C1CCCNC1. The molecule has 1 aromatic carbocycles. The summed E-state index contributed by atoms with van der Waals surface area (Å²) in [5.74, 6) is 1.91. The van der Waals surface area contributed by atoms with E-state index in [1.165, 1.54) is 12.8 Å². The number of halogens is 1. The fourth-order valence-electron chi connectivity index (χ4n) is 2.79. The fourth-order valence-corrected chi connectivity index (χ4v) is 2.91. The van der Waals surface area contributed by atoms with Gasteiger partial charge in [-0.3, -0.25) is 4.79 Å². The Morgan fingerprint density at radius 2 is 2.23 bits per heavy atom. The van der Waals surface area contributed by atoms with Crippen LogP contribution in [0.25, 0.3) is 0 Å². The third kappa shape index (κ3) is 5.85. The van der Waals surface area contributed by atoms with E-state index in [-0.39, 0.29) is 5.91 Å². The van der Waals surface area contributed by atoms with Crippen LogP contribution in [0.5, 0.6) is 5.75 Å². The minimum Gasteiger partial charge on any atom is -0.492 e. The maximum absolute atomic E-state index is 11.9. The molecule has 2 atom stereocenters. The number of hydrogen-bond acceptors (Lipinski definition) is 3. The first-order valence-electron chi connectivity index (χ1n) is 8.01. The first kappa shape index (κ1) is 17.1. The second-order valence-corrected chi connectivity index (χ2v) is 6.38. The molecule has 2 unspecified atom stereocenters. The van der Waals surface area contributed by atoms with E-state index >= 15 is 0 Å². The van der Waals surface area contributed by atoms with E-state index in [1.54, 1.807) is 12.1 Å². The molecule has 0 radical (unpaired) electrons. The monoisotopic (exact) mass is 324 g/mol. The molecule has 0 saturated carbocycles. The third-order valence-electron chi connectivity index (χ3n) is 4.15. The van der Waals surface area contributed by atoms with Crippen LogP contribution in [0.2, 0.25) is 5.02 Å². The van der Waals surface area contributed by atoms with Crippen LogP contribution in [-0.4, -0.2) is 32.1 Å². The minimum absolute atomic E-state index is 0.109. The molecule has 0 bridgehead atoms. The summed E-state index contributed by atoms with van der Waals surface area (Å²) in [6.07, 6.45) is 3.03. The molecular formula is C17H25ClN2O2. The average Bonchev–Trinajstić information content (AvgIpc) is 2.54. The normalized spacial score (nSPS) is 19.5. The summed E-state index contributed by atoms with van der Waals surface area (Å²) in [6.45, 7) is 5.30. The Labute approximate surface area is 137 Å². The van der Waals surface area contributed by atoms with Gasteiger partial charge in [-0.25, -0.2) is 0 Å². The Kier molecular flexibility index (Phi) is 7.00. The van der Waals surface area contributed by atoms with Crippen molar-refractivity contribution in [3.05, 3.63) is 29.3 Å². The van der Waals surface area contributed by atoms with E-state index in [0.717, 1.165) is 18.8 Å². The maximum atomic E-state index is 11.9. The molecule has 5 heteroatoms. The number of ether oxygens (including phenoxy) is 1. The molecule has 1 heterocycles. The predicted octanol–water partition coefficient (Wildman–Crippen LogP) is 2.86. The summed E-state index contributed by atoms with van der Waals surface area (Å²) in [7, 11) is 0. The molecule has 1 aromatic rings. The maximum Gasteiger partial charge on any atom is 0.220 e. The Morgan fingerprint density at radius 3 is 2.91 bits per heavy atom. The van der Waals surface area contributed by atoms with Gasteiger partial charge in [0.2, 0.25) is 5.91 Å². The summed E-state index contributed by atoms with van der Waals surface area (Å²) in [5.41, 5.74) is 0. The summed E-state index contributed by atoms with van der Waals surface area (Å²) in [5, 5.41) is 7.01. The lowest BCUT2D eigenvalue weighted by atomic mass is 9.85. The molecule has 1 aliphatic heterocycles. The van der Waals surface area contributed by atoms with E-state index in [0.29, 0.717) is 36.4 Å². The summed E-state index contributed by atoms with van der Waals surface area (Å²) < 4.78 is 5.55. The zero-order valence-corrected chi connectivity index (χ0v) is 13.9. The van der Waals surface area contributed by atoms with Crippen molar-refractivity contribution in [3.63, 3.8) is 0 Å². The molecule has 1 aliphatic rings. The van der Waals surface area contributed by atoms with E-state index < -0.39 is 0 Å². The Balaban J connectivity index is 1.60. The molecule has 0 spiro atoms. The van der Waals surface area contributed by atoms with Crippen LogP contribution < -0.4 is 15.4 Å². The first-order valence-corrected chi connectivity index (χ1v) is 8.38. The molecule has 0 aromatic heterocycles. The van der Waals surface area contributed by atoms with Crippen molar-refractivity contribution < 1.29 is 9.53 Å². The minimum atomic E-state index is 0.109. The summed E-state index contributed by atoms with van der Waals surface area (Å²) >= 11 is 5.81. The quantitative estimate of drug-likeness (QED) is 0.758. The van der Waals surface area contributed by atoms with Crippen LogP contribution in [0, 0.1) is 11.8 Å². The highest BCUT2D eigenvalue weighted by Crippen LogP contribution is 2.22. The Morgan fingerprint density at radius 1 is 1.45 bits per heavy atom. The second-order valence-electron chi connectivity index (χ2n) is 5.94. The topological polar surface area (TPSA) is 50.4 Å². The van der Waals surface area contributed by atoms with Crippen molar-refractivity contribution in [2.75, 3.05) is 26.2 Å². The number of piperidine rings is 1. The van der Waals surface area contributed by atoms with Gasteiger partial charge in [-0.1, -0.05) is 18.5 Å². The van der Waals surface area contributed by atoms with Gasteiger partial charge < -0.3 is 15.4 Å². The lowest BCUT2D eigenvalue weighted by Crippen LogP contribution is -2.36. The van der Waals surface area contributed by atoms with Crippen molar-refractivity contribution in [1.29, 1.82) is 0 Å². The molecule has 0 aliphatic carbocycles. The van der Waals surface area contributed by atoms with Gasteiger partial charge in [-0.15, -0.1) is 0 Å². The van der Waals surface area contributed by atoms with Crippen molar-refractivity contribution in [2.24, 2.45) is 11.8 Å². The smallest absolute Gasteiger partial charge is 0.220 e. The van der Waals surface area contributed by atoms with Crippen molar-refractivity contribution in [1.82, 2.24) is 10.6 Å². The molecule has 4 nitrogen and oxygen atoms in total. The van der Waals surface area contributed by atoms with Gasteiger partial charge in [-0.2, -0.15) is 0 Å². The van der Waals surface area contributed by atoms with Crippen LogP contribution in [0.1, 0.15) is 26.2 Å². The number of nitrogens with one attached hydrogen (secondary N) is 2. The lowest BCUT2D eigenvalue weighted by Gasteiger charge is -2.28. The van der Waals surface area contributed by atoms with Gasteiger partial charge >= 0.3 is 0 Å². The standard InChI is InChI=1S/C17H25ClN2O2/c1-13(14-3-2-8-19-12-14)11-17(21)20-9-10-22-16-6-4-15(18)5-7-16/h4-7,13-14,19H,2-3,8-12H2,1H3,(H,20,21). The summed E-state index contributed by atoms with van der Waals surface area (Å²) in [4.78, 5) is 11.9. The van der Waals surface area contributed by atoms with Gasteiger partial charge in [0.25, 0.3) is 0 Å². The number of carbonyl (C=O) groups excluding carboxylic acids is 1. The number of rotatable bonds is 7. The van der Waals surface area contributed by atoms with Gasteiger partial charge in [0.05, 0.1) is 6.54 Å². The first-order chi connectivity index (χ1) is 10.6. The van der Waals surface area contributed by atoms with E-state index in [4.69, 9.17) is 16.3 Å².